The van der Waals surface area contributed by atoms with Crippen molar-refractivity contribution in [3.8, 4) is 5.75 Å². The summed E-state index contributed by atoms with van der Waals surface area (Å²) in [5.41, 5.74) is -0.613. The SMILES string of the molecule is CC(C)COc1ccc(C(O)CC(F)(F)C(F)(F)C(F)(F)C(F)(F)C(F)(F)C(F)(F)F)cc1. The molecule has 0 radical (unpaired) electrons. The Labute approximate surface area is 178 Å². The molecular weight excluding hydrogens is 495 g/mol. The third-order valence-corrected chi connectivity index (χ3v) is 4.30. The zero-order valence-electron chi connectivity index (χ0n) is 16.6. The smallest absolute Gasteiger partial charge is 0.460 e. The molecule has 1 atom stereocenters. The molecule has 1 rings (SSSR count). The largest absolute Gasteiger partial charge is 0.493 e. The number of aliphatic hydroxyl groups is 1. The molecule has 1 N–H and O–H groups in total. The first-order valence-electron chi connectivity index (χ1n) is 8.89. The molecule has 0 saturated heterocycles. The second-order valence-corrected chi connectivity index (χ2v) is 7.49. The van der Waals surface area contributed by atoms with Crippen LogP contribution in [0.5, 0.6) is 5.75 Å². The number of benzene rings is 1. The topological polar surface area (TPSA) is 29.5 Å². The number of alkyl halides is 13. The van der Waals surface area contributed by atoms with Crippen molar-refractivity contribution in [1.29, 1.82) is 0 Å². The fourth-order valence-corrected chi connectivity index (χ4v) is 2.34. The van der Waals surface area contributed by atoms with Crippen LogP contribution in [0.25, 0.3) is 0 Å². The van der Waals surface area contributed by atoms with Gasteiger partial charge in [0, 0.05) is 6.42 Å². The Morgan fingerprint density at radius 2 is 1.12 bits per heavy atom. The highest BCUT2D eigenvalue weighted by Gasteiger charge is 2.90. The summed E-state index contributed by atoms with van der Waals surface area (Å²) in [5, 5.41) is 9.67. The maximum Gasteiger partial charge on any atom is 0.460 e. The van der Waals surface area contributed by atoms with E-state index in [1.165, 1.54) is 0 Å². The summed E-state index contributed by atoms with van der Waals surface area (Å²) in [6, 6.07) is 3.78. The van der Waals surface area contributed by atoms with E-state index >= 15 is 0 Å². The molecule has 0 saturated carbocycles. The zero-order valence-corrected chi connectivity index (χ0v) is 16.6. The molecule has 0 aliphatic carbocycles. The summed E-state index contributed by atoms with van der Waals surface area (Å²) in [7, 11) is 0. The van der Waals surface area contributed by atoms with E-state index < -0.39 is 53.9 Å². The average molecular weight is 512 g/mol. The summed E-state index contributed by atoms with van der Waals surface area (Å²) in [6.07, 6.45) is -12.9. The van der Waals surface area contributed by atoms with E-state index in [-0.39, 0.29) is 18.3 Å². The van der Waals surface area contributed by atoms with Crippen LogP contribution in [0.4, 0.5) is 57.1 Å². The molecule has 0 fully saturated rings. The van der Waals surface area contributed by atoms with Crippen molar-refractivity contribution in [2.45, 2.75) is 62.2 Å². The quantitative estimate of drug-likeness (QED) is 0.347. The predicted octanol–water partition coefficient (Wildman–Crippen LogP) is 6.88. The molecule has 0 bridgehead atoms. The van der Waals surface area contributed by atoms with E-state index in [4.69, 9.17) is 4.74 Å². The summed E-state index contributed by atoms with van der Waals surface area (Å²) >= 11 is 0. The molecule has 0 aliphatic heterocycles. The maximum atomic E-state index is 13.9. The minimum absolute atomic E-state index is 0.0562. The Kier molecular flexibility index (Phi) is 7.96. The van der Waals surface area contributed by atoms with Crippen LogP contribution in [-0.4, -0.2) is 47.5 Å². The van der Waals surface area contributed by atoms with Crippen LogP contribution < -0.4 is 4.74 Å². The second kappa shape index (κ2) is 9.02. The molecule has 33 heavy (non-hydrogen) atoms. The van der Waals surface area contributed by atoms with Crippen LogP contribution in [0, 0.1) is 5.92 Å². The number of halogens is 13. The molecule has 0 spiro atoms. The van der Waals surface area contributed by atoms with Crippen molar-refractivity contribution < 1.29 is 66.9 Å². The summed E-state index contributed by atoms with van der Waals surface area (Å²) in [6.45, 7) is 3.73. The number of hydrogen-bond donors (Lipinski definition) is 1. The lowest BCUT2D eigenvalue weighted by Gasteiger charge is -2.40. The van der Waals surface area contributed by atoms with Crippen molar-refractivity contribution >= 4 is 0 Å². The third kappa shape index (κ3) is 5.27. The Balaban J connectivity index is 3.19. The van der Waals surface area contributed by atoms with Gasteiger partial charge in [-0.2, -0.15) is 57.1 Å². The molecule has 2 nitrogen and oxygen atoms in total. The standard InChI is InChI=1S/C18H17F13O2/c1-9(2)8-33-11-5-3-10(4-6-11)12(32)7-13(19,20)14(21,22)15(23,24)16(25,26)17(27,28)18(29,30)31/h3-6,9,12,32H,7-8H2,1-2H3. The van der Waals surface area contributed by atoms with Gasteiger partial charge in [0.1, 0.15) is 5.75 Å². The van der Waals surface area contributed by atoms with Gasteiger partial charge in [-0.3, -0.25) is 0 Å². The van der Waals surface area contributed by atoms with Gasteiger partial charge in [-0.1, -0.05) is 26.0 Å². The Morgan fingerprint density at radius 3 is 1.52 bits per heavy atom. The van der Waals surface area contributed by atoms with Crippen molar-refractivity contribution in [2.24, 2.45) is 5.92 Å². The van der Waals surface area contributed by atoms with E-state index in [2.05, 4.69) is 0 Å². The predicted molar refractivity (Wildman–Crippen MR) is 87.1 cm³/mol. The molecule has 0 amide bonds. The molecule has 15 heteroatoms. The van der Waals surface area contributed by atoms with Crippen LogP contribution in [0.1, 0.15) is 31.9 Å². The lowest BCUT2D eigenvalue weighted by Crippen LogP contribution is -2.70. The molecule has 1 unspecified atom stereocenters. The lowest BCUT2D eigenvalue weighted by atomic mass is 9.90. The van der Waals surface area contributed by atoms with Gasteiger partial charge in [0.25, 0.3) is 0 Å². The number of hydrogen-bond acceptors (Lipinski definition) is 2. The molecule has 1 aromatic rings. The average Bonchev–Trinajstić information content (AvgIpc) is 2.64. The van der Waals surface area contributed by atoms with E-state index in [1.54, 1.807) is 13.8 Å². The fourth-order valence-electron chi connectivity index (χ4n) is 2.34. The number of ether oxygens (including phenoxy) is 1. The Hall–Kier alpha value is -1.93. The van der Waals surface area contributed by atoms with Gasteiger partial charge >= 0.3 is 35.8 Å². The minimum Gasteiger partial charge on any atom is -0.493 e. The van der Waals surface area contributed by atoms with Gasteiger partial charge in [-0.05, 0) is 23.6 Å². The van der Waals surface area contributed by atoms with Gasteiger partial charge in [-0.15, -0.1) is 0 Å². The molecule has 1 aromatic carbocycles. The van der Waals surface area contributed by atoms with Crippen molar-refractivity contribution in [2.75, 3.05) is 6.61 Å². The fraction of sp³-hybridized carbons (Fsp3) is 0.667. The van der Waals surface area contributed by atoms with E-state index in [9.17, 15) is 62.2 Å². The van der Waals surface area contributed by atoms with Crippen molar-refractivity contribution in [3.63, 3.8) is 0 Å². The highest BCUT2D eigenvalue weighted by atomic mass is 19.4. The second-order valence-electron chi connectivity index (χ2n) is 7.49. The Bertz CT molecular complexity index is 786. The summed E-state index contributed by atoms with van der Waals surface area (Å²) < 4.78 is 176. The number of aliphatic hydroxyl groups excluding tert-OH is 1. The minimum atomic E-state index is -7.97. The van der Waals surface area contributed by atoms with Gasteiger partial charge in [0.05, 0.1) is 12.7 Å². The molecular formula is C18H17F13O2. The van der Waals surface area contributed by atoms with Crippen molar-refractivity contribution in [1.82, 2.24) is 0 Å². The monoisotopic (exact) mass is 512 g/mol. The molecule has 0 heterocycles. The Morgan fingerprint density at radius 1 is 0.697 bits per heavy atom. The van der Waals surface area contributed by atoms with Gasteiger partial charge < -0.3 is 9.84 Å². The summed E-state index contributed by atoms with van der Waals surface area (Å²) in [5.74, 6) is -37.2. The first kappa shape index (κ1) is 29.1. The first-order chi connectivity index (χ1) is 14.5. The lowest BCUT2D eigenvalue weighted by molar-refractivity contribution is -0.440. The molecule has 0 aliphatic rings. The normalized spacial score (nSPS) is 15.7. The molecule has 192 valence electrons. The summed E-state index contributed by atoms with van der Waals surface area (Å²) in [4.78, 5) is 0. The van der Waals surface area contributed by atoms with E-state index in [1.807, 2.05) is 0 Å². The highest BCUT2D eigenvalue weighted by molar-refractivity contribution is 5.29. The van der Waals surface area contributed by atoms with Gasteiger partial charge in [0.2, 0.25) is 0 Å². The van der Waals surface area contributed by atoms with Crippen LogP contribution in [0.3, 0.4) is 0 Å². The molecule has 0 aromatic heterocycles. The first-order valence-corrected chi connectivity index (χ1v) is 8.89. The van der Waals surface area contributed by atoms with E-state index in [0.717, 1.165) is 24.3 Å². The third-order valence-electron chi connectivity index (χ3n) is 4.30. The van der Waals surface area contributed by atoms with Crippen LogP contribution >= 0.6 is 0 Å². The van der Waals surface area contributed by atoms with E-state index in [0.29, 0.717) is 0 Å². The zero-order chi connectivity index (χ0) is 26.3. The van der Waals surface area contributed by atoms with Crippen LogP contribution in [0.15, 0.2) is 24.3 Å². The van der Waals surface area contributed by atoms with Gasteiger partial charge in [-0.25, -0.2) is 0 Å². The van der Waals surface area contributed by atoms with Crippen LogP contribution in [-0.2, 0) is 0 Å². The maximum absolute atomic E-state index is 13.9. The highest BCUT2D eigenvalue weighted by Crippen LogP contribution is 2.61. The van der Waals surface area contributed by atoms with Crippen LogP contribution in [0.2, 0.25) is 0 Å². The number of rotatable bonds is 10. The van der Waals surface area contributed by atoms with Crippen molar-refractivity contribution in [3.05, 3.63) is 29.8 Å². The van der Waals surface area contributed by atoms with Gasteiger partial charge in [0.15, 0.2) is 0 Å².